The Kier molecular flexibility index (Phi) is 34.0. The zero-order chi connectivity index (χ0) is 30.1. The number of unbranched alkanes of at least 4 members (excludes halogenated alkanes) is 18. The summed E-state index contributed by atoms with van der Waals surface area (Å²) in [5.41, 5.74) is 0. The fourth-order valence-electron chi connectivity index (χ4n) is 4.57. The first-order valence-corrected chi connectivity index (χ1v) is 16.8. The van der Waals surface area contributed by atoms with Crippen LogP contribution in [0, 0.1) is 0 Å². The molecule has 0 aromatic heterocycles. The molecule has 0 aromatic carbocycles. The van der Waals surface area contributed by atoms with Crippen molar-refractivity contribution in [1.82, 2.24) is 10.6 Å². The summed E-state index contributed by atoms with van der Waals surface area (Å²) in [7, 11) is 0. The third kappa shape index (κ3) is 34.4. The van der Waals surface area contributed by atoms with E-state index in [1.807, 2.05) is 0 Å². The summed E-state index contributed by atoms with van der Waals surface area (Å²) in [6, 6.07) is -1.11. The summed E-state index contributed by atoms with van der Waals surface area (Å²) in [5.74, 6) is -2.57. The molecule has 0 aliphatic rings. The van der Waals surface area contributed by atoms with E-state index in [0.29, 0.717) is 6.42 Å². The highest BCUT2D eigenvalue weighted by atomic mass is 16.4. The molecule has 7 heteroatoms. The average molecular weight is 571 g/mol. The second-order valence-corrected chi connectivity index (χ2v) is 11.3. The molecule has 0 aromatic rings. The summed E-state index contributed by atoms with van der Waals surface area (Å²) >= 11 is 0. The van der Waals surface area contributed by atoms with Crippen LogP contribution in [0.25, 0.3) is 0 Å². The van der Waals surface area contributed by atoms with Gasteiger partial charge in [0.15, 0.2) is 0 Å². The first-order chi connectivity index (χ1) is 19.4. The van der Waals surface area contributed by atoms with Gasteiger partial charge in [-0.1, -0.05) is 136 Å². The highest BCUT2D eigenvalue weighted by Crippen LogP contribution is 2.11. The largest absolute Gasteiger partial charge is 0.481 e. The summed E-state index contributed by atoms with van der Waals surface area (Å²) < 4.78 is 0. The van der Waals surface area contributed by atoms with Crippen LogP contribution in [0.3, 0.4) is 0 Å². The molecular weight excluding hydrogens is 504 g/mol. The molecule has 1 amide bonds. The molecule has 1 atom stereocenters. The zero-order valence-corrected chi connectivity index (χ0v) is 26.6. The number of rotatable bonds is 29. The van der Waals surface area contributed by atoms with Crippen molar-refractivity contribution in [3.8, 4) is 0 Å². The molecule has 0 radical (unpaired) electrons. The fourth-order valence-corrected chi connectivity index (χ4v) is 4.57. The number of amides is 1. The molecule has 0 aliphatic carbocycles. The van der Waals surface area contributed by atoms with Crippen LogP contribution in [0.4, 0.5) is 0 Å². The molecule has 0 fully saturated rings. The van der Waals surface area contributed by atoms with Crippen LogP contribution < -0.4 is 10.6 Å². The standard InChI is InChI=1S/C17H31NO5.C16H35N/c1-2-3-4-5-6-7-8-9-10-11-15(19)18-14(17(22)23)12-13-16(20)21;1-3-5-7-9-11-13-15-17-16-14-12-10-8-6-4-2/h14H,2-13H2,1H3,(H,18,19)(H,20,21)(H,22,23);17H,3-16H2,1-2H3/t14-;/m0./s1. The number of aliphatic carboxylic acids is 2. The van der Waals surface area contributed by atoms with E-state index >= 15 is 0 Å². The minimum Gasteiger partial charge on any atom is -0.481 e. The quantitative estimate of drug-likeness (QED) is 0.0669. The minimum atomic E-state index is -1.19. The van der Waals surface area contributed by atoms with Gasteiger partial charge in [0.2, 0.25) is 5.91 Å². The zero-order valence-electron chi connectivity index (χ0n) is 26.6. The van der Waals surface area contributed by atoms with Crippen molar-refractivity contribution >= 4 is 17.8 Å². The van der Waals surface area contributed by atoms with Gasteiger partial charge in [0, 0.05) is 12.8 Å². The van der Waals surface area contributed by atoms with Gasteiger partial charge in [0.25, 0.3) is 0 Å². The number of hydrogen-bond donors (Lipinski definition) is 4. The Hall–Kier alpha value is -1.63. The SMILES string of the molecule is CCCCCCCCCCCC(=O)N[C@@H](CCC(=O)O)C(=O)O.CCCCCCCCNCCCCCCCC. The second kappa shape index (κ2) is 33.6. The molecule has 4 N–H and O–H groups in total. The molecule has 0 rings (SSSR count). The van der Waals surface area contributed by atoms with Crippen LogP contribution in [0.1, 0.15) is 175 Å². The van der Waals surface area contributed by atoms with Crippen LogP contribution in [-0.4, -0.2) is 47.2 Å². The van der Waals surface area contributed by atoms with Gasteiger partial charge in [0.05, 0.1) is 0 Å². The van der Waals surface area contributed by atoms with E-state index in [1.165, 1.54) is 129 Å². The van der Waals surface area contributed by atoms with E-state index in [4.69, 9.17) is 10.2 Å². The average Bonchev–Trinajstić information content (AvgIpc) is 2.92. The predicted octanol–water partition coefficient (Wildman–Crippen LogP) is 8.64. The van der Waals surface area contributed by atoms with Crippen LogP contribution in [0.2, 0.25) is 0 Å². The van der Waals surface area contributed by atoms with Crippen molar-refractivity contribution in [2.75, 3.05) is 13.1 Å². The molecule has 0 aliphatic heterocycles. The van der Waals surface area contributed by atoms with E-state index in [1.54, 1.807) is 0 Å². The van der Waals surface area contributed by atoms with E-state index in [-0.39, 0.29) is 18.7 Å². The number of carboxylic acid groups (broad SMARTS) is 2. The second-order valence-electron chi connectivity index (χ2n) is 11.3. The minimum absolute atomic E-state index is 0.0891. The summed E-state index contributed by atoms with van der Waals surface area (Å²) in [5, 5.41) is 23.5. The van der Waals surface area contributed by atoms with Crippen LogP contribution in [0.15, 0.2) is 0 Å². The highest BCUT2D eigenvalue weighted by Gasteiger charge is 2.20. The molecule has 0 saturated carbocycles. The molecule has 40 heavy (non-hydrogen) atoms. The maximum absolute atomic E-state index is 11.7. The molecule has 0 unspecified atom stereocenters. The van der Waals surface area contributed by atoms with Gasteiger partial charge in [-0.25, -0.2) is 4.79 Å². The Morgan fingerprint density at radius 3 is 1.27 bits per heavy atom. The molecule has 0 bridgehead atoms. The molecule has 0 heterocycles. The smallest absolute Gasteiger partial charge is 0.326 e. The van der Waals surface area contributed by atoms with Crippen LogP contribution >= 0.6 is 0 Å². The Balaban J connectivity index is 0. The summed E-state index contributed by atoms with van der Waals surface area (Å²) in [4.78, 5) is 33.1. The Morgan fingerprint density at radius 1 is 0.525 bits per heavy atom. The lowest BCUT2D eigenvalue weighted by Gasteiger charge is -2.13. The van der Waals surface area contributed by atoms with Crippen molar-refractivity contribution in [2.45, 2.75) is 181 Å². The Bertz CT molecular complexity index is 557. The van der Waals surface area contributed by atoms with E-state index < -0.39 is 18.0 Å². The van der Waals surface area contributed by atoms with Crippen LogP contribution in [0.5, 0.6) is 0 Å². The third-order valence-corrected chi connectivity index (χ3v) is 7.20. The Morgan fingerprint density at radius 2 is 0.900 bits per heavy atom. The molecule has 238 valence electrons. The van der Waals surface area contributed by atoms with E-state index in [9.17, 15) is 14.4 Å². The first-order valence-electron chi connectivity index (χ1n) is 16.8. The summed E-state index contributed by atoms with van der Waals surface area (Å²) in [6.45, 7) is 9.23. The lowest BCUT2D eigenvalue weighted by atomic mass is 10.1. The number of carboxylic acids is 2. The first kappa shape index (κ1) is 40.5. The number of nitrogens with one attached hydrogen (secondary N) is 2. The van der Waals surface area contributed by atoms with Gasteiger partial charge in [-0.2, -0.15) is 0 Å². The van der Waals surface area contributed by atoms with Crippen molar-refractivity contribution in [3.63, 3.8) is 0 Å². The molecular formula is C33H66N2O5. The van der Waals surface area contributed by atoms with Crippen molar-refractivity contribution in [2.24, 2.45) is 0 Å². The molecule has 7 nitrogen and oxygen atoms in total. The lowest BCUT2D eigenvalue weighted by molar-refractivity contribution is -0.143. The van der Waals surface area contributed by atoms with Crippen molar-refractivity contribution in [3.05, 3.63) is 0 Å². The van der Waals surface area contributed by atoms with Gasteiger partial charge < -0.3 is 20.8 Å². The maximum atomic E-state index is 11.7. The van der Waals surface area contributed by atoms with Gasteiger partial charge >= 0.3 is 11.9 Å². The topological polar surface area (TPSA) is 116 Å². The normalized spacial score (nSPS) is 11.5. The van der Waals surface area contributed by atoms with Crippen LogP contribution in [-0.2, 0) is 14.4 Å². The predicted molar refractivity (Wildman–Crippen MR) is 168 cm³/mol. The van der Waals surface area contributed by atoms with Gasteiger partial charge in [0.1, 0.15) is 6.04 Å². The number of carbonyl (C=O) groups is 3. The fraction of sp³-hybridized carbons (Fsp3) is 0.909. The lowest BCUT2D eigenvalue weighted by Crippen LogP contribution is -2.41. The van der Waals surface area contributed by atoms with Crippen molar-refractivity contribution in [1.29, 1.82) is 0 Å². The van der Waals surface area contributed by atoms with E-state index in [2.05, 4.69) is 31.4 Å². The van der Waals surface area contributed by atoms with Gasteiger partial charge in [-0.15, -0.1) is 0 Å². The highest BCUT2D eigenvalue weighted by molar-refractivity contribution is 5.83. The third-order valence-electron chi connectivity index (χ3n) is 7.20. The maximum Gasteiger partial charge on any atom is 0.326 e. The molecule has 0 saturated heterocycles. The number of carbonyl (C=O) groups excluding carboxylic acids is 1. The van der Waals surface area contributed by atoms with Gasteiger partial charge in [-0.3, -0.25) is 9.59 Å². The van der Waals surface area contributed by atoms with Crippen molar-refractivity contribution < 1.29 is 24.6 Å². The van der Waals surface area contributed by atoms with E-state index in [0.717, 1.165) is 19.3 Å². The number of hydrogen-bond acceptors (Lipinski definition) is 4. The molecule has 0 spiro atoms. The summed E-state index contributed by atoms with van der Waals surface area (Å²) in [6.07, 6.45) is 27.2. The van der Waals surface area contributed by atoms with Gasteiger partial charge in [-0.05, 0) is 38.8 Å². The Labute approximate surface area is 247 Å². The monoisotopic (exact) mass is 570 g/mol.